The van der Waals surface area contributed by atoms with E-state index in [0.717, 1.165) is 57.2 Å². The first-order valence-corrected chi connectivity index (χ1v) is 19.8. The number of nitrogens with zero attached hydrogens (tertiary/aromatic N) is 2. The van der Waals surface area contributed by atoms with E-state index in [1.807, 2.05) is 38.2 Å². The maximum absolute atomic E-state index is 17.8. The van der Waals surface area contributed by atoms with E-state index in [1.54, 1.807) is 0 Å². The minimum Gasteiger partial charge on any atom is -0.389 e. The molecule has 0 amide bonds. The van der Waals surface area contributed by atoms with Gasteiger partial charge in [-0.05, 0) is 147 Å². The van der Waals surface area contributed by atoms with Crippen molar-refractivity contribution < 1.29 is 13.1 Å². The van der Waals surface area contributed by atoms with Crippen molar-refractivity contribution in [1.82, 2.24) is 4.48 Å². The van der Waals surface area contributed by atoms with Crippen molar-refractivity contribution in [2.75, 3.05) is 0 Å². The molecule has 1 aromatic heterocycles. The van der Waals surface area contributed by atoms with E-state index < -0.39 is 6.97 Å². The number of allylic oxidation sites excluding steroid dienone is 3. The van der Waals surface area contributed by atoms with Gasteiger partial charge in [-0.25, -0.2) is 0 Å². The molecule has 0 saturated carbocycles. The van der Waals surface area contributed by atoms with E-state index >= 15 is 8.63 Å². The summed E-state index contributed by atoms with van der Waals surface area (Å²) >= 11 is 4.55. The van der Waals surface area contributed by atoms with Crippen LogP contribution in [0.25, 0.3) is 23.8 Å². The highest BCUT2D eigenvalue weighted by Gasteiger charge is 2.57. The van der Waals surface area contributed by atoms with Gasteiger partial charge < -0.3 is 17.6 Å². The molecule has 4 aromatic rings. The third-order valence-electron chi connectivity index (χ3n) is 10.3. The van der Waals surface area contributed by atoms with Crippen molar-refractivity contribution in [2.24, 2.45) is 0 Å². The Hall–Kier alpha value is -3.05. The van der Waals surface area contributed by atoms with Crippen LogP contribution in [-0.2, 0) is 10.8 Å². The van der Waals surface area contributed by atoms with Gasteiger partial charge in [0.1, 0.15) is 0 Å². The largest absolute Gasteiger partial charge is 0.737 e. The molecule has 51 heavy (non-hydrogen) atoms. The van der Waals surface area contributed by atoms with Crippen LogP contribution in [0.3, 0.4) is 0 Å². The fourth-order valence-electron chi connectivity index (χ4n) is 7.55. The highest BCUT2D eigenvalue weighted by atomic mass is 127. The molecule has 264 valence electrons. The van der Waals surface area contributed by atoms with Gasteiger partial charge in [-0.2, -0.15) is 0 Å². The van der Waals surface area contributed by atoms with Crippen molar-refractivity contribution in [1.29, 1.82) is 0 Å². The van der Waals surface area contributed by atoms with Crippen molar-refractivity contribution in [3.63, 3.8) is 0 Å². The van der Waals surface area contributed by atoms with Crippen molar-refractivity contribution in [2.45, 2.75) is 87.0 Å². The molecule has 0 radical (unpaired) electrons. The van der Waals surface area contributed by atoms with Crippen LogP contribution in [0.2, 0.25) is 0 Å². The second-order valence-electron chi connectivity index (χ2n) is 16.2. The summed E-state index contributed by atoms with van der Waals surface area (Å²) in [5, 5.41) is 0. The Labute approximate surface area is 330 Å². The molecule has 2 aliphatic heterocycles. The van der Waals surface area contributed by atoms with Crippen LogP contribution in [-0.4, -0.2) is 21.6 Å². The Morgan fingerprint density at radius 2 is 1.16 bits per heavy atom. The van der Waals surface area contributed by atoms with E-state index in [9.17, 15) is 0 Å². The number of halogens is 4. The van der Waals surface area contributed by atoms with Crippen molar-refractivity contribution in [3.8, 4) is 0 Å². The predicted octanol–water partition coefficient (Wildman–Crippen LogP) is 13.0. The Balaban J connectivity index is 1.62. The predicted molar refractivity (Wildman–Crippen MR) is 232 cm³/mol. The standard InChI is InChI=1S/C44H47BF2I2N2/c1-26-24-27(2)37(28(3)25-26)38-41-29(4)39(48)35(22-16-31-12-18-33(19-13-31)43(6,7)8)50(41)45(46,47)51-36(40(49)30(5)42(38)51)23-17-32-14-20-34(21-15-32)44(9,10)11/h12-25H,1-11H3. The molecule has 0 fully saturated rings. The molecule has 0 N–H and O–H groups in total. The summed E-state index contributed by atoms with van der Waals surface area (Å²) in [6, 6.07) is 21.1. The zero-order chi connectivity index (χ0) is 37.4. The minimum absolute atomic E-state index is 0.0323. The van der Waals surface area contributed by atoms with Crippen LogP contribution in [0.4, 0.5) is 8.63 Å². The second kappa shape index (κ2) is 13.4. The van der Waals surface area contributed by atoms with Gasteiger partial charge in [0.15, 0.2) is 11.4 Å². The van der Waals surface area contributed by atoms with Gasteiger partial charge in [0.2, 0.25) is 0 Å². The van der Waals surface area contributed by atoms with Crippen molar-refractivity contribution in [3.05, 3.63) is 147 Å². The molecule has 0 unspecified atom stereocenters. The molecule has 0 saturated heterocycles. The molecule has 6 rings (SSSR count). The zero-order valence-electron chi connectivity index (χ0n) is 31.6. The number of aryl methyl sites for hydroxylation is 3. The number of fused-ring (bicyclic) bond motifs is 2. The highest BCUT2D eigenvalue weighted by Crippen LogP contribution is 2.49. The minimum atomic E-state index is -4.30. The molecule has 0 atom stereocenters. The third-order valence-corrected chi connectivity index (χ3v) is 13.0. The Bertz CT molecular complexity index is 2210. The number of rotatable bonds is 5. The molecule has 7 heteroatoms. The first-order valence-electron chi connectivity index (χ1n) is 17.6. The molecule has 0 aliphatic carbocycles. The van der Waals surface area contributed by atoms with Gasteiger partial charge >= 0.3 is 6.97 Å². The van der Waals surface area contributed by atoms with E-state index in [1.165, 1.54) is 20.1 Å². The molecule has 3 aromatic carbocycles. The smallest absolute Gasteiger partial charge is 0.389 e. The van der Waals surface area contributed by atoms with Gasteiger partial charge in [0, 0.05) is 26.6 Å². The molecule has 0 spiro atoms. The highest BCUT2D eigenvalue weighted by molar-refractivity contribution is 14.1. The van der Waals surface area contributed by atoms with Gasteiger partial charge in [-0.3, -0.25) is 0 Å². The van der Waals surface area contributed by atoms with Crippen LogP contribution in [0.5, 0.6) is 0 Å². The summed E-state index contributed by atoms with van der Waals surface area (Å²) in [4.78, 5) is 0. The second-order valence-corrected chi connectivity index (χ2v) is 18.4. The number of aromatic nitrogens is 1. The lowest BCUT2D eigenvalue weighted by Crippen LogP contribution is -2.51. The van der Waals surface area contributed by atoms with Crippen LogP contribution in [0, 0.1) is 31.3 Å². The summed E-state index contributed by atoms with van der Waals surface area (Å²) in [6.45, 7) is 19.1. The molecule has 2 aliphatic rings. The van der Waals surface area contributed by atoms with Crippen LogP contribution >= 0.6 is 45.2 Å². The third kappa shape index (κ3) is 6.71. The summed E-state index contributed by atoms with van der Waals surface area (Å²) in [5.41, 5.74) is 13.7. The zero-order valence-corrected chi connectivity index (χ0v) is 35.9. The van der Waals surface area contributed by atoms with Crippen molar-refractivity contribution >= 4 is 81.7 Å². The lowest BCUT2D eigenvalue weighted by Gasteiger charge is -2.34. The normalized spacial score (nSPS) is 16.3. The molecule has 0 bridgehead atoms. The van der Waals surface area contributed by atoms with E-state index in [0.29, 0.717) is 22.8 Å². The molecular weight excluding hydrogens is 859 g/mol. The number of hydrogen-bond donors (Lipinski definition) is 0. The lowest BCUT2D eigenvalue weighted by atomic mass is 9.81. The van der Waals surface area contributed by atoms with Gasteiger partial charge in [0.25, 0.3) is 0 Å². The van der Waals surface area contributed by atoms with E-state index in [4.69, 9.17) is 0 Å². The summed E-state index contributed by atoms with van der Waals surface area (Å²) in [5.74, 6) is 0. The van der Waals surface area contributed by atoms with Crippen LogP contribution in [0.1, 0.15) is 110 Å². The summed E-state index contributed by atoms with van der Waals surface area (Å²) in [6.07, 6.45) is 7.69. The average Bonchev–Trinajstić information content (AvgIpc) is 3.45. The molecular formula is C44H47BF2I2N2. The van der Waals surface area contributed by atoms with E-state index in [-0.39, 0.29) is 10.8 Å². The maximum Gasteiger partial charge on any atom is 0.737 e. The Kier molecular flexibility index (Phi) is 9.92. The van der Waals surface area contributed by atoms with E-state index in [2.05, 4.69) is 168 Å². The first-order chi connectivity index (χ1) is 23.7. The molecule has 3 heterocycles. The first kappa shape index (κ1) is 37.7. The number of benzene rings is 3. The number of hydrogen-bond acceptors (Lipinski definition) is 0. The maximum atomic E-state index is 17.8. The fraction of sp³-hybridized carbons (Fsp3) is 0.295. The monoisotopic (exact) mass is 906 g/mol. The van der Waals surface area contributed by atoms with Crippen LogP contribution < -0.4 is 0 Å². The Morgan fingerprint density at radius 1 is 0.686 bits per heavy atom. The average molecular weight is 906 g/mol. The van der Waals surface area contributed by atoms with Gasteiger partial charge in [-0.1, -0.05) is 114 Å². The topological polar surface area (TPSA) is 7.94 Å². The molecule has 2 nitrogen and oxygen atoms in total. The Morgan fingerprint density at radius 3 is 1.63 bits per heavy atom. The summed E-state index contributed by atoms with van der Waals surface area (Å²) in [7, 11) is 0. The lowest BCUT2D eigenvalue weighted by molar-refractivity contribution is -0.362. The summed E-state index contributed by atoms with van der Waals surface area (Å²) < 4.78 is 39.9. The van der Waals surface area contributed by atoms with Crippen LogP contribution in [0.15, 0.2) is 81.6 Å². The quantitative estimate of drug-likeness (QED) is 0.139. The van der Waals surface area contributed by atoms with Gasteiger partial charge in [-0.15, -0.1) is 0 Å². The van der Waals surface area contributed by atoms with Gasteiger partial charge in [0.05, 0.1) is 9.15 Å². The fourth-order valence-corrected chi connectivity index (χ4v) is 8.94. The SMILES string of the molecule is CC1=C(I)C(C=Cc2ccc(C(C)(C)C)cc2)=[N+]2C1=C(c1c(C)cc(C)cc1C)c1c(C)c(I)c(C=Cc3ccc(C(C)(C)C)cc3)n1[B-]2(F)F.